The minimum absolute atomic E-state index is 0.0343. The molecule has 1 fully saturated rings. The van der Waals surface area contributed by atoms with Gasteiger partial charge in [0, 0.05) is 38.0 Å². The average Bonchev–Trinajstić information content (AvgIpc) is 3.23. The van der Waals surface area contributed by atoms with Gasteiger partial charge in [0.2, 0.25) is 10.0 Å². The zero-order chi connectivity index (χ0) is 21.8. The lowest BCUT2D eigenvalue weighted by Crippen LogP contribution is -2.39. The van der Waals surface area contributed by atoms with Crippen LogP contribution < -0.4 is 0 Å². The molecule has 4 heterocycles. The van der Waals surface area contributed by atoms with E-state index in [1.165, 1.54) is 30.0 Å². The Balaban J connectivity index is 1.60. The predicted molar refractivity (Wildman–Crippen MR) is 96.6 cm³/mol. The minimum atomic E-state index is -4.87. The zero-order valence-corrected chi connectivity index (χ0v) is 16.9. The number of hydrogen-bond acceptors (Lipinski definition) is 5. The van der Waals surface area contributed by atoms with Crippen LogP contribution in [0, 0.1) is 12.7 Å². The van der Waals surface area contributed by atoms with E-state index >= 15 is 0 Å². The fraction of sp³-hybridized carbons (Fsp3) is 0.471. The summed E-state index contributed by atoms with van der Waals surface area (Å²) in [7, 11) is -3.36. The summed E-state index contributed by atoms with van der Waals surface area (Å²) in [6, 6.07) is 1.25. The van der Waals surface area contributed by atoms with E-state index in [0.29, 0.717) is 15.9 Å². The molecular weight excluding hydrogens is 428 g/mol. The van der Waals surface area contributed by atoms with Gasteiger partial charge in [-0.15, -0.1) is 0 Å². The van der Waals surface area contributed by atoms with Gasteiger partial charge in [0.05, 0.1) is 5.69 Å². The van der Waals surface area contributed by atoms with Crippen molar-refractivity contribution in [3.05, 3.63) is 41.4 Å². The van der Waals surface area contributed by atoms with Gasteiger partial charge in [0.15, 0.2) is 11.3 Å². The Morgan fingerprint density at radius 2 is 1.87 bits per heavy atom. The first kappa shape index (κ1) is 20.7. The van der Waals surface area contributed by atoms with Gasteiger partial charge in [-0.25, -0.2) is 22.3 Å². The number of fused-ring (bicyclic) bond motifs is 1. The quantitative estimate of drug-likeness (QED) is 0.577. The zero-order valence-electron chi connectivity index (χ0n) is 16.1. The molecule has 0 spiro atoms. The molecule has 3 aromatic rings. The SMILES string of the molecule is Cc1nn(C)c(C(F)(F)F)c1S(=O)(=O)N1CCC(c2cn3ncnc3cc2F)CC1. The fourth-order valence-corrected chi connectivity index (χ4v) is 5.80. The van der Waals surface area contributed by atoms with E-state index < -0.39 is 32.6 Å². The fourth-order valence-electron chi connectivity index (χ4n) is 3.95. The van der Waals surface area contributed by atoms with E-state index in [9.17, 15) is 26.0 Å². The van der Waals surface area contributed by atoms with Gasteiger partial charge in [-0.1, -0.05) is 0 Å². The molecule has 0 amide bonds. The number of pyridine rings is 1. The van der Waals surface area contributed by atoms with Gasteiger partial charge in [-0.05, 0) is 25.7 Å². The van der Waals surface area contributed by atoms with Crippen molar-refractivity contribution in [2.45, 2.75) is 36.8 Å². The van der Waals surface area contributed by atoms with E-state index in [0.717, 1.165) is 11.4 Å². The number of hydrogen-bond donors (Lipinski definition) is 0. The summed E-state index contributed by atoms with van der Waals surface area (Å²) in [6.07, 6.45) is -1.54. The molecule has 0 radical (unpaired) electrons. The Bertz CT molecular complexity index is 1210. The van der Waals surface area contributed by atoms with Crippen LogP contribution in [-0.4, -0.2) is 50.2 Å². The molecule has 1 saturated heterocycles. The standard InChI is InChI=1S/C17H18F4N6O2S/c1-10-15(16(17(19,20)21)25(2)24-10)30(28,29)26-5-3-11(4-6-26)12-8-27-14(7-13(12)18)22-9-23-27/h7-9,11H,3-6H2,1-2H3. The van der Waals surface area contributed by atoms with E-state index in [2.05, 4.69) is 15.2 Å². The smallest absolute Gasteiger partial charge is 0.262 e. The number of alkyl halides is 3. The van der Waals surface area contributed by atoms with Gasteiger partial charge in [-0.2, -0.15) is 27.7 Å². The molecule has 3 aromatic heterocycles. The van der Waals surface area contributed by atoms with Crippen LogP contribution in [-0.2, 0) is 23.2 Å². The van der Waals surface area contributed by atoms with Gasteiger partial charge >= 0.3 is 6.18 Å². The van der Waals surface area contributed by atoms with Crippen molar-refractivity contribution >= 4 is 15.7 Å². The van der Waals surface area contributed by atoms with Crippen LogP contribution >= 0.6 is 0 Å². The third kappa shape index (κ3) is 3.35. The molecule has 4 rings (SSSR count). The highest BCUT2D eigenvalue weighted by atomic mass is 32.2. The summed E-state index contributed by atoms with van der Waals surface area (Å²) >= 11 is 0. The Morgan fingerprint density at radius 3 is 2.50 bits per heavy atom. The number of nitrogens with zero attached hydrogens (tertiary/aromatic N) is 6. The molecule has 8 nitrogen and oxygen atoms in total. The van der Waals surface area contributed by atoms with Crippen molar-refractivity contribution in [1.29, 1.82) is 0 Å². The Morgan fingerprint density at radius 1 is 1.20 bits per heavy atom. The number of sulfonamides is 1. The van der Waals surface area contributed by atoms with E-state index in [1.807, 2.05) is 0 Å². The summed E-state index contributed by atoms with van der Waals surface area (Å²) in [5.41, 5.74) is -0.791. The molecule has 0 aliphatic carbocycles. The highest BCUT2D eigenvalue weighted by molar-refractivity contribution is 7.89. The first-order chi connectivity index (χ1) is 14.0. The second-order valence-electron chi connectivity index (χ2n) is 7.20. The van der Waals surface area contributed by atoms with Crippen LogP contribution in [0.2, 0.25) is 0 Å². The lowest BCUT2D eigenvalue weighted by Gasteiger charge is -2.31. The largest absolute Gasteiger partial charge is 0.434 e. The maximum absolute atomic E-state index is 14.5. The molecular formula is C17H18F4N6O2S. The summed E-state index contributed by atoms with van der Waals surface area (Å²) in [5.74, 6) is -0.763. The molecule has 0 N–H and O–H groups in total. The second-order valence-corrected chi connectivity index (χ2v) is 9.08. The van der Waals surface area contributed by atoms with Crippen molar-refractivity contribution in [2.75, 3.05) is 13.1 Å². The third-order valence-electron chi connectivity index (χ3n) is 5.32. The van der Waals surface area contributed by atoms with Gasteiger partial charge in [0.1, 0.15) is 17.0 Å². The number of rotatable bonds is 3. The molecule has 0 unspecified atom stereocenters. The highest BCUT2D eigenvalue weighted by Gasteiger charge is 2.45. The number of halogens is 4. The Kier molecular flexibility index (Phi) is 4.84. The predicted octanol–water partition coefficient (Wildman–Crippen LogP) is 2.50. The van der Waals surface area contributed by atoms with Crippen LogP contribution in [0.5, 0.6) is 0 Å². The molecule has 0 atom stereocenters. The molecule has 1 aliphatic heterocycles. The maximum atomic E-state index is 14.5. The van der Waals surface area contributed by atoms with Gasteiger partial charge < -0.3 is 0 Å². The number of aromatic nitrogens is 5. The molecule has 0 bridgehead atoms. The summed E-state index contributed by atoms with van der Waals surface area (Å²) in [5, 5.41) is 7.63. The highest BCUT2D eigenvalue weighted by Crippen LogP contribution is 2.38. The average molecular weight is 446 g/mol. The van der Waals surface area contributed by atoms with Crippen LogP contribution in [0.25, 0.3) is 5.65 Å². The Labute approximate surface area is 169 Å². The molecule has 0 aromatic carbocycles. The summed E-state index contributed by atoms with van der Waals surface area (Å²) in [4.78, 5) is 3.08. The summed E-state index contributed by atoms with van der Waals surface area (Å²) < 4.78 is 83.8. The van der Waals surface area contributed by atoms with Crippen LogP contribution in [0.3, 0.4) is 0 Å². The molecule has 30 heavy (non-hydrogen) atoms. The van der Waals surface area contributed by atoms with Crippen LogP contribution in [0.1, 0.15) is 35.7 Å². The summed E-state index contributed by atoms with van der Waals surface area (Å²) in [6.45, 7) is 1.17. The van der Waals surface area contributed by atoms with Crippen molar-refractivity contribution in [2.24, 2.45) is 7.05 Å². The van der Waals surface area contributed by atoms with E-state index in [-0.39, 0.29) is 37.5 Å². The Hall–Kier alpha value is -2.54. The van der Waals surface area contributed by atoms with Crippen molar-refractivity contribution in [3.8, 4) is 0 Å². The normalized spacial score (nSPS) is 17.1. The molecule has 13 heteroatoms. The topological polar surface area (TPSA) is 85.4 Å². The van der Waals surface area contributed by atoms with E-state index in [1.54, 1.807) is 0 Å². The first-order valence-corrected chi connectivity index (χ1v) is 10.5. The van der Waals surface area contributed by atoms with Crippen LogP contribution in [0.15, 0.2) is 23.5 Å². The minimum Gasteiger partial charge on any atom is -0.262 e. The molecule has 162 valence electrons. The maximum Gasteiger partial charge on any atom is 0.434 e. The number of aryl methyl sites for hydroxylation is 2. The molecule has 0 saturated carbocycles. The monoisotopic (exact) mass is 446 g/mol. The number of piperidine rings is 1. The van der Waals surface area contributed by atoms with Crippen molar-refractivity contribution < 1.29 is 26.0 Å². The van der Waals surface area contributed by atoms with Gasteiger partial charge in [0.25, 0.3) is 0 Å². The van der Waals surface area contributed by atoms with Crippen LogP contribution in [0.4, 0.5) is 17.6 Å². The lowest BCUT2D eigenvalue weighted by molar-refractivity contribution is -0.146. The second kappa shape index (κ2) is 7.01. The third-order valence-corrected chi connectivity index (χ3v) is 7.37. The molecule has 1 aliphatic rings. The van der Waals surface area contributed by atoms with Gasteiger partial charge in [-0.3, -0.25) is 4.68 Å². The van der Waals surface area contributed by atoms with E-state index in [4.69, 9.17) is 0 Å². The first-order valence-electron chi connectivity index (χ1n) is 9.10. The van der Waals surface area contributed by atoms with Crippen molar-refractivity contribution in [3.63, 3.8) is 0 Å². The van der Waals surface area contributed by atoms with Crippen molar-refractivity contribution in [1.82, 2.24) is 28.7 Å². The lowest BCUT2D eigenvalue weighted by atomic mass is 9.91.